The van der Waals surface area contributed by atoms with Crippen molar-refractivity contribution in [1.29, 1.82) is 0 Å². The highest BCUT2D eigenvalue weighted by Crippen LogP contribution is 2.32. The van der Waals surface area contributed by atoms with E-state index < -0.39 is 30.1 Å². The Morgan fingerprint density at radius 2 is 1.92 bits per heavy atom. The van der Waals surface area contributed by atoms with Crippen molar-refractivity contribution in [2.24, 2.45) is 0 Å². The Morgan fingerprint density at radius 3 is 2.50 bits per heavy atom. The molecule has 0 spiro atoms. The molecule has 1 aromatic rings. The van der Waals surface area contributed by atoms with Gasteiger partial charge in [0.15, 0.2) is 6.61 Å². The van der Waals surface area contributed by atoms with Gasteiger partial charge in [0.1, 0.15) is 11.8 Å². The van der Waals surface area contributed by atoms with Gasteiger partial charge in [0.25, 0.3) is 5.91 Å². The van der Waals surface area contributed by atoms with Crippen LogP contribution < -0.4 is 10.1 Å². The lowest BCUT2D eigenvalue weighted by Gasteiger charge is -2.40. The molecule has 2 rings (SSSR count). The van der Waals surface area contributed by atoms with Crippen LogP contribution in [-0.2, 0) is 9.59 Å². The minimum absolute atomic E-state index is 0.156. The molecule has 1 aromatic carbocycles. The van der Waals surface area contributed by atoms with Crippen molar-refractivity contribution in [2.75, 3.05) is 13.2 Å². The van der Waals surface area contributed by atoms with E-state index >= 15 is 0 Å². The van der Waals surface area contributed by atoms with Gasteiger partial charge >= 0.3 is 6.18 Å². The average molecular weight is 344 g/mol. The zero-order chi connectivity index (χ0) is 17.7. The maximum absolute atomic E-state index is 12.9. The molecule has 2 atom stereocenters. The van der Waals surface area contributed by atoms with Crippen molar-refractivity contribution in [3.05, 3.63) is 30.3 Å². The fourth-order valence-corrected chi connectivity index (χ4v) is 2.71. The van der Waals surface area contributed by atoms with Crippen LogP contribution in [0.15, 0.2) is 30.3 Å². The van der Waals surface area contributed by atoms with E-state index in [0.717, 1.165) is 11.8 Å². The van der Waals surface area contributed by atoms with Gasteiger partial charge in [-0.1, -0.05) is 18.2 Å². The number of hydrogen-bond acceptors (Lipinski definition) is 3. The lowest BCUT2D eigenvalue weighted by atomic mass is 9.97. The van der Waals surface area contributed by atoms with Gasteiger partial charge in [-0.25, -0.2) is 0 Å². The zero-order valence-electron chi connectivity index (χ0n) is 13.2. The van der Waals surface area contributed by atoms with Gasteiger partial charge in [-0.2, -0.15) is 13.2 Å². The summed E-state index contributed by atoms with van der Waals surface area (Å²) in [6, 6.07) is 6.41. The monoisotopic (exact) mass is 344 g/mol. The number of halogens is 3. The Kier molecular flexibility index (Phi) is 5.69. The van der Waals surface area contributed by atoms with Crippen molar-refractivity contribution in [3.63, 3.8) is 0 Å². The second kappa shape index (κ2) is 7.55. The molecule has 132 valence electrons. The Labute approximate surface area is 137 Å². The van der Waals surface area contributed by atoms with Crippen LogP contribution in [0.25, 0.3) is 0 Å². The average Bonchev–Trinajstić information content (AvgIpc) is 2.53. The first-order valence-corrected chi connectivity index (χ1v) is 7.58. The van der Waals surface area contributed by atoms with Crippen molar-refractivity contribution < 1.29 is 27.5 Å². The molecule has 1 heterocycles. The van der Waals surface area contributed by atoms with Crippen LogP contribution in [0.2, 0.25) is 0 Å². The van der Waals surface area contributed by atoms with Crippen molar-refractivity contribution in [2.45, 2.75) is 38.0 Å². The number of benzene rings is 1. The highest BCUT2D eigenvalue weighted by atomic mass is 19.4. The fraction of sp³-hybridized carbons (Fsp3) is 0.500. The first-order chi connectivity index (χ1) is 11.3. The molecule has 2 amide bonds. The highest BCUT2D eigenvalue weighted by molar-refractivity contribution is 5.78. The Hall–Kier alpha value is -2.25. The molecule has 1 aliphatic rings. The largest absolute Gasteiger partial charge is 0.484 e. The molecule has 1 N–H and O–H groups in total. The summed E-state index contributed by atoms with van der Waals surface area (Å²) in [6.45, 7) is 0.710. The van der Waals surface area contributed by atoms with Crippen LogP contribution >= 0.6 is 0 Å². The summed E-state index contributed by atoms with van der Waals surface area (Å²) in [7, 11) is 0. The third kappa shape index (κ3) is 4.87. The molecule has 1 aliphatic heterocycles. The SMILES string of the molecule is CC(=O)N1CC(NC(=O)COc2ccccc2)CCC1C(F)(F)F. The molecule has 24 heavy (non-hydrogen) atoms. The van der Waals surface area contributed by atoms with E-state index in [1.165, 1.54) is 0 Å². The van der Waals surface area contributed by atoms with Gasteiger partial charge in [0, 0.05) is 19.5 Å². The molecule has 1 fully saturated rings. The van der Waals surface area contributed by atoms with Crippen LogP contribution in [0.5, 0.6) is 5.75 Å². The number of nitrogens with zero attached hydrogens (tertiary/aromatic N) is 1. The van der Waals surface area contributed by atoms with Gasteiger partial charge in [-0.15, -0.1) is 0 Å². The number of amides is 2. The second-order valence-electron chi connectivity index (χ2n) is 5.67. The van der Waals surface area contributed by atoms with Gasteiger partial charge in [0.2, 0.25) is 5.91 Å². The van der Waals surface area contributed by atoms with E-state index in [9.17, 15) is 22.8 Å². The minimum atomic E-state index is -4.46. The Balaban J connectivity index is 1.87. The van der Waals surface area contributed by atoms with Gasteiger partial charge < -0.3 is 15.0 Å². The fourth-order valence-electron chi connectivity index (χ4n) is 2.71. The maximum Gasteiger partial charge on any atom is 0.408 e. The quantitative estimate of drug-likeness (QED) is 0.910. The first kappa shape index (κ1) is 18.1. The minimum Gasteiger partial charge on any atom is -0.484 e. The summed E-state index contributed by atoms with van der Waals surface area (Å²) in [5.74, 6) is -0.562. The van der Waals surface area contributed by atoms with Crippen molar-refractivity contribution in [1.82, 2.24) is 10.2 Å². The smallest absolute Gasteiger partial charge is 0.408 e. The summed E-state index contributed by atoms with van der Waals surface area (Å²) in [5, 5.41) is 2.62. The summed E-state index contributed by atoms with van der Waals surface area (Å²) < 4.78 is 44.1. The number of alkyl halides is 3. The van der Waals surface area contributed by atoms with Crippen LogP contribution in [0, 0.1) is 0 Å². The number of carbonyl (C=O) groups excluding carboxylic acids is 2. The molecule has 5 nitrogen and oxygen atoms in total. The predicted molar refractivity (Wildman–Crippen MR) is 80.3 cm³/mol. The highest BCUT2D eigenvalue weighted by Gasteiger charge is 2.47. The van der Waals surface area contributed by atoms with Crippen LogP contribution in [-0.4, -0.2) is 48.1 Å². The molecule has 0 aromatic heterocycles. The van der Waals surface area contributed by atoms with Crippen molar-refractivity contribution >= 4 is 11.8 Å². The number of hydrogen-bond donors (Lipinski definition) is 1. The topological polar surface area (TPSA) is 58.6 Å². The summed E-state index contributed by atoms with van der Waals surface area (Å²) >= 11 is 0. The van der Waals surface area contributed by atoms with Crippen LogP contribution in [0.3, 0.4) is 0 Å². The molecule has 0 saturated carbocycles. The Bertz CT molecular complexity index is 578. The van der Waals surface area contributed by atoms with E-state index in [4.69, 9.17) is 4.74 Å². The summed E-state index contributed by atoms with van der Waals surface area (Å²) in [6.07, 6.45) is -4.53. The molecule has 0 aliphatic carbocycles. The van der Waals surface area contributed by atoms with Gasteiger partial charge in [0.05, 0.1) is 0 Å². The number of para-hydroxylation sites is 1. The summed E-state index contributed by atoms with van der Waals surface area (Å²) in [4.78, 5) is 24.1. The van der Waals surface area contributed by atoms with Gasteiger partial charge in [-0.05, 0) is 25.0 Å². The number of carbonyl (C=O) groups is 2. The molecular weight excluding hydrogens is 325 g/mol. The first-order valence-electron chi connectivity index (χ1n) is 7.58. The molecule has 0 bridgehead atoms. The number of ether oxygens (including phenoxy) is 1. The number of likely N-dealkylation sites (tertiary alicyclic amines) is 1. The summed E-state index contributed by atoms with van der Waals surface area (Å²) in [5.41, 5.74) is 0. The van der Waals surface area contributed by atoms with Crippen LogP contribution in [0.1, 0.15) is 19.8 Å². The molecule has 1 saturated heterocycles. The standard InChI is InChI=1S/C16H19F3N2O3/c1-11(22)21-9-12(7-8-14(21)16(17,18)19)20-15(23)10-24-13-5-3-2-4-6-13/h2-6,12,14H,7-10H2,1H3,(H,20,23). The third-order valence-electron chi connectivity index (χ3n) is 3.84. The van der Waals surface area contributed by atoms with E-state index in [-0.39, 0.29) is 26.0 Å². The molecule has 8 heteroatoms. The molecular formula is C16H19F3N2O3. The maximum atomic E-state index is 12.9. The third-order valence-corrected chi connectivity index (χ3v) is 3.84. The number of rotatable bonds is 4. The second-order valence-corrected chi connectivity index (χ2v) is 5.67. The number of piperidine rings is 1. The number of nitrogens with one attached hydrogen (secondary N) is 1. The van der Waals surface area contributed by atoms with Crippen molar-refractivity contribution in [3.8, 4) is 5.75 Å². The van der Waals surface area contributed by atoms with E-state index in [1.807, 2.05) is 6.07 Å². The lowest BCUT2D eigenvalue weighted by Crippen LogP contribution is -2.58. The molecule has 2 unspecified atom stereocenters. The predicted octanol–water partition coefficient (Wildman–Crippen LogP) is 2.12. The van der Waals surface area contributed by atoms with Gasteiger partial charge in [-0.3, -0.25) is 9.59 Å². The van der Waals surface area contributed by atoms with E-state index in [0.29, 0.717) is 5.75 Å². The van der Waals surface area contributed by atoms with E-state index in [1.54, 1.807) is 24.3 Å². The molecule has 0 radical (unpaired) electrons. The van der Waals surface area contributed by atoms with Crippen LogP contribution in [0.4, 0.5) is 13.2 Å². The lowest BCUT2D eigenvalue weighted by molar-refractivity contribution is -0.196. The van der Waals surface area contributed by atoms with E-state index in [2.05, 4.69) is 5.32 Å². The zero-order valence-corrected chi connectivity index (χ0v) is 13.2. The Morgan fingerprint density at radius 1 is 1.25 bits per heavy atom. The normalized spacial score (nSPS) is 21.2.